The number of nitrogens with zero attached hydrogens (tertiary/aromatic N) is 1. The van der Waals surface area contributed by atoms with Crippen LogP contribution in [0.1, 0.15) is 166 Å². The van der Waals surface area contributed by atoms with Crippen LogP contribution < -0.4 is 10.6 Å². The lowest BCUT2D eigenvalue weighted by Crippen LogP contribution is -2.77. The Labute approximate surface area is 334 Å². The summed E-state index contributed by atoms with van der Waals surface area (Å²) in [6.45, 7) is 20.6. The molecule has 9 atom stereocenters. The molecule has 3 unspecified atom stereocenters. The van der Waals surface area contributed by atoms with Gasteiger partial charge < -0.3 is 20.5 Å². The van der Waals surface area contributed by atoms with E-state index in [1.54, 1.807) is 27.7 Å². The van der Waals surface area contributed by atoms with Crippen molar-refractivity contribution >= 4 is 35.8 Å². The summed E-state index contributed by atoms with van der Waals surface area (Å²) in [5.74, 6) is -1.16. The van der Waals surface area contributed by atoms with E-state index in [9.17, 15) is 29.1 Å². The summed E-state index contributed by atoms with van der Waals surface area (Å²) < 4.78 is 6.19. The van der Waals surface area contributed by atoms with Crippen LogP contribution in [-0.4, -0.2) is 63.6 Å². The average Bonchev–Trinajstić information content (AvgIpc) is 3.40. The maximum atomic E-state index is 14.4. The molecule has 0 radical (unpaired) electrons. The van der Waals surface area contributed by atoms with Crippen molar-refractivity contribution in [3.63, 3.8) is 0 Å². The molecule has 0 bridgehead atoms. The fraction of sp³-hybridized carbons (Fsp3) is 0.826. The van der Waals surface area contributed by atoms with Crippen molar-refractivity contribution in [2.45, 2.75) is 188 Å². The standard InChI is InChI=1S/C46H69N3O7/c1-27(2)34-30(50)24-45(49-37(53)40(5,6)48-36(52)28-14-12-11-13-15-28)22-20-41(7)29(35(34)45)16-17-31-42(41,8)21-23-46-43(31,9)19-18-32(44(46,10)26-47-46)56-33(51)25-39(3,4)38(54)55/h26-29,31-32H,11-25H2,1-10H3,(H,48,52)(H,49,53)(H,54,55)/t29?,31-,32-,41+,42?,43?,44+,45+,46-/m0/s1. The zero-order chi connectivity index (χ0) is 41.1. The topological polar surface area (TPSA) is 151 Å². The summed E-state index contributed by atoms with van der Waals surface area (Å²) in [7, 11) is 0. The number of nitrogens with one attached hydrogen (secondary N) is 2. The third kappa shape index (κ3) is 5.66. The van der Waals surface area contributed by atoms with Crippen LogP contribution in [0, 0.1) is 50.7 Å². The van der Waals surface area contributed by atoms with E-state index in [0.717, 1.165) is 81.8 Å². The predicted octanol–water partition coefficient (Wildman–Crippen LogP) is 7.91. The van der Waals surface area contributed by atoms with E-state index < -0.39 is 33.8 Å². The fourth-order valence-corrected chi connectivity index (χ4v) is 14.1. The smallest absolute Gasteiger partial charge is 0.309 e. The Morgan fingerprint density at radius 3 is 2.14 bits per heavy atom. The number of hydrogen-bond acceptors (Lipinski definition) is 7. The molecule has 10 nitrogen and oxygen atoms in total. The van der Waals surface area contributed by atoms with Crippen LogP contribution in [0.4, 0.5) is 0 Å². The molecule has 3 N–H and O–H groups in total. The highest BCUT2D eigenvalue weighted by atomic mass is 16.5. The van der Waals surface area contributed by atoms with Crippen LogP contribution in [-0.2, 0) is 28.7 Å². The van der Waals surface area contributed by atoms with Gasteiger partial charge in [-0.05, 0) is 144 Å². The Balaban J connectivity index is 1.16. The van der Waals surface area contributed by atoms with Gasteiger partial charge >= 0.3 is 11.9 Å². The lowest BCUT2D eigenvalue weighted by atomic mass is 9.30. The molecule has 1 spiro atoms. The number of rotatable bonds is 9. The maximum absolute atomic E-state index is 14.4. The minimum atomic E-state index is -1.21. The number of carboxylic acids is 1. The summed E-state index contributed by atoms with van der Waals surface area (Å²) in [5.41, 5.74) is -2.21. The zero-order valence-electron chi connectivity index (χ0n) is 35.9. The second kappa shape index (κ2) is 13.2. The third-order valence-electron chi connectivity index (χ3n) is 17.7. The highest BCUT2D eigenvalue weighted by molar-refractivity contribution is 6.03. The van der Waals surface area contributed by atoms with Crippen LogP contribution in [0.25, 0.3) is 0 Å². The molecule has 1 heterocycles. The van der Waals surface area contributed by atoms with Crippen LogP contribution in [0.2, 0.25) is 0 Å². The van der Waals surface area contributed by atoms with Crippen molar-refractivity contribution in [1.29, 1.82) is 0 Å². The molecule has 6 aliphatic carbocycles. The van der Waals surface area contributed by atoms with Gasteiger partial charge in [0.2, 0.25) is 11.8 Å². The van der Waals surface area contributed by atoms with Crippen molar-refractivity contribution < 1.29 is 33.8 Å². The molecular weight excluding hydrogens is 707 g/mol. The van der Waals surface area contributed by atoms with E-state index in [2.05, 4.69) is 52.2 Å². The van der Waals surface area contributed by atoms with Crippen molar-refractivity contribution in [1.82, 2.24) is 10.6 Å². The third-order valence-corrected chi connectivity index (χ3v) is 17.7. The second-order valence-corrected chi connectivity index (χ2v) is 21.8. The van der Waals surface area contributed by atoms with Crippen molar-refractivity contribution in [3.05, 3.63) is 11.1 Å². The lowest BCUT2D eigenvalue weighted by Gasteiger charge is -2.76. The van der Waals surface area contributed by atoms with E-state index >= 15 is 0 Å². The highest BCUT2D eigenvalue weighted by Gasteiger charge is 2.77. The lowest BCUT2D eigenvalue weighted by molar-refractivity contribution is -0.237. The van der Waals surface area contributed by atoms with E-state index in [-0.39, 0.29) is 76.1 Å². The van der Waals surface area contributed by atoms with E-state index in [4.69, 9.17) is 9.73 Å². The van der Waals surface area contributed by atoms with Crippen molar-refractivity contribution in [2.75, 3.05) is 0 Å². The monoisotopic (exact) mass is 776 g/mol. The maximum Gasteiger partial charge on any atom is 0.309 e. The normalized spacial score (nSPS) is 40.7. The Morgan fingerprint density at radius 2 is 1.54 bits per heavy atom. The summed E-state index contributed by atoms with van der Waals surface area (Å²) >= 11 is 0. The first-order valence-corrected chi connectivity index (χ1v) is 21.9. The summed E-state index contributed by atoms with van der Waals surface area (Å²) in [6, 6.07) is 0. The molecule has 7 aliphatic rings. The fourth-order valence-electron chi connectivity index (χ4n) is 14.1. The van der Waals surface area contributed by atoms with Crippen molar-refractivity contribution in [2.24, 2.45) is 55.7 Å². The number of ketones is 1. The molecule has 0 aromatic heterocycles. The SMILES string of the molecule is CC(C)C1=C2C3CC[C@@H]4C5(C)CC[C@H](OC(=O)CC(C)(C)C(=O)O)[C@@]6(C)C=N[C@@]56CCC4(C)[C@]3(C)CC[C@@]2(NC(=O)C(C)(C)NC(=O)C2CCCCC2)CC1=O. The molecule has 0 saturated heterocycles. The second-order valence-electron chi connectivity index (χ2n) is 21.8. The van der Waals surface area contributed by atoms with Gasteiger partial charge in [-0.3, -0.25) is 29.0 Å². The van der Waals surface area contributed by atoms with Gasteiger partial charge in [0.1, 0.15) is 11.6 Å². The van der Waals surface area contributed by atoms with Gasteiger partial charge in [-0.25, -0.2) is 0 Å². The first-order valence-electron chi connectivity index (χ1n) is 21.9. The van der Waals surface area contributed by atoms with Gasteiger partial charge in [0, 0.05) is 18.6 Å². The van der Waals surface area contributed by atoms with Gasteiger partial charge in [-0.1, -0.05) is 53.9 Å². The Hall–Kier alpha value is -3.04. The molecule has 5 fully saturated rings. The molecule has 0 aromatic rings. The number of allylic oxidation sites excluding steroid dienone is 1. The number of aliphatic imine (C=N–C) groups is 1. The molecule has 1 aliphatic heterocycles. The van der Waals surface area contributed by atoms with Gasteiger partial charge in [0.15, 0.2) is 5.78 Å². The number of Topliss-reactive ketones (excluding diaryl/α,β-unsaturated/α-hetero) is 1. The largest absolute Gasteiger partial charge is 0.481 e. The van der Waals surface area contributed by atoms with E-state index in [1.807, 2.05) is 6.21 Å². The predicted molar refractivity (Wildman–Crippen MR) is 215 cm³/mol. The molecule has 5 saturated carbocycles. The van der Waals surface area contributed by atoms with Crippen LogP contribution >= 0.6 is 0 Å². The quantitative estimate of drug-likeness (QED) is 0.202. The Kier molecular flexibility index (Phi) is 9.72. The molecular formula is C46H69N3O7. The minimum absolute atomic E-state index is 0.0272. The van der Waals surface area contributed by atoms with Gasteiger partial charge in [0.05, 0.1) is 28.3 Å². The van der Waals surface area contributed by atoms with Gasteiger partial charge in [-0.15, -0.1) is 0 Å². The summed E-state index contributed by atoms with van der Waals surface area (Å²) in [4.78, 5) is 72.2. The average molecular weight is 776 g/mol. The molecule has 2 amide bonds. The number of aliphatic carboxylic acids is 1. The minimum Gasteiger partial charge on any atom is -0.481 e. The summed E-state index contributed by atoms with van der Waals surface area (Å²) in [5, 5.41) is 16.2. The zero-order valence-corrected chi connectivity index (χ0v) is 35.9. The van der Waals surface area contributed by atoms with Gasteiger partial charge in [0.25, 0.3) is 0 Å². The molecule has 0 aromatic carbocycles. The van der Waals surface area contributed by atoms with Crippen LogP contribution in [0.5, 0.6) is 0 Å². The van der Waals surface area contributed by atoms with E-state index in [1.165, 1.54) is 0 Å². The summed E-state index contributed by atoms with van der Waals surface area (Å²) in [6.07, 6.45) is 13.6. The van der Waals surface area contributed by atoms with Crippen LogP contribution in [0.3, 0.4) is 0 Å². The first kappa shape index (κ1) is 41.1. The number of amides is 2. The van der Waals surface area contributed by atoms with Crippen molar-refractivity contribution in [3.8, 4) is 0 Å². The molecule has 10 heteroatoms. The molecule has 310 valence electrons. The highest BCUT2D eigenvalue weighted by Crippen LogP contribution is 2.78. The molecule has 56 heavy (non-hydrogen) atoms. The van der Waals surface area contributed by atoms with Crippen LogP contribution in [0.15, 0.2) is 16.1 Å². The number of fused-ring (bicyclic) bond motifs is 6. The number of ether oxygens (including phenoxy) is 1. The number of esters is 1. The number of hydrogen-bond donors (Lipinski definition) is 3. The Morgan fingerprint density at radius 1 is 0.875 bits per heavy atom. The van der Waals surface area contributed by atoms with E-state index in [0.29, 0.717) is 18.8 Å². The Bertz CT molecular complexity index is 1770. The first-order chi connectivity index (χ1) is 25.9. The number of carbonyl (C=O) groups is 5. The van der Waals surface area contributed by atoms with Gasteiger partial charge in [-0.2, -0.15) is 0 Å². The number of carboxylic acid groups (broad SMARTS) is 1. The molecule has 7 rings (SSSR count). The number of carbonyl (C=O) groups excluding carboxylic acids is 4.